The molecule has 5 aliphatic rings. The lowest BCUT2D eigenvalue weighted by Gasteiger charge is -2.52. The Bertz CT molecular complexity index is 1660. The molecule has 47 heavy (non-hydrogen) atoms. The Labute approximate surface area is 284 Å². The van der Waals surface area contributed by atoms with Crippen LogP contribution in [0.4, 0.5) is 5.69 Å². The van der Waals surface area contributed by atoms with Gasteiger partial charge in [-0.3, -0.25) is 4.79 Å². The Balaban J connectivity index is 1.32. The summed E-state index contributed by atoms with van der Waals surface area (Å²) in [6.45, 7) is 8.65. The molecule has 0 unspecified atom stereocenters. The number of sulfonamides is 1. The van der Waals surface area contributed by atoms with Crippen LogP contribution in [0.3, 0.4) is 0 Å². The summed E-state index contributed by atoms with van der Waals surface area (Å²) >= 11 is 6.46. The van der Waals surface area contributed by atoms with E-state index in [0.29, 0.717) is 30.4 Å². The lowest BCUT2D eigenvalue weighted by Crippen LogP contribution is -2.58. The van der Waals surface area contributed by atoms with E-state index < -0.39 is 26.8 Å². The molecule has 8 nitrogen and oxygen atoms in total. The minimum atomic E-state index is -3.92. The lowest BCUT2D eigenvalue weighted by atomic mass is 9.63. The number of anilines is 1. The van der Waals surface area contributed by atoms with Crippen LogP contribution < -0.4 is 14.4 Å². The summed E-state index contributed by atoms with van der Waals surface area (Å²) < 4.78 is 42.5. The van der Waals surface area contributed by atoms with Crippen molar-refractivity contribution in [3.63, 3.8) is 0 Å². The van der Waals surface area contributed by atoms with Crippen molar-refractivity contribution in [1.29, 1.82) is 0 Å². The number of fused-ring (bicyclic) bond motifs is 4. The van der Waals surface area contributed by atoms with Crippen LogP contribution in [0, 0.1) is 17.8 Å². The molecule has 254 valence electrons. The van der Waals surface area contributed by atoms with Crippen LogP contribution in [-0.2, 0) is 26.6 Å². The molecular formula is C37H48ClN3O5S. The average Bonchev–Trinajstić information content (AvgIpc) is 3.16. The second-order valence-electron chi connectivity index (χ2n) is 14.8. The van der Waals surface area contributed by atoms with Gasteiger partial charge >= 0.3 is 0 Å². The number of nitrogens with zero attached hydrogens (tertiary/aromatic N) is 2. The molecule has 2 fully saturated rings. The van der Waals surface area contributed by atoms with Crippen molar-refractivity contribution in [3.05, 3.63) is 70.3 Å². The van der Waals surface area contributed by atoms with Gasteiger partial charge in [0.05, 0.1) is 17.5 Å². The van der Waals surface area contributed by atoms with Gasteiger partial charge in [-0.2, -0.15) is 0 Å². The van der Waals surface area contributed by atoms with Crippen LogP contribution in [0.5, 0.6) is 5.75 Å². The van der Waals surface area contributed by atoms with Crippen molar-refractivity contribution >= 4 is 33.2 Å². The molecule has 2 aromatic carbocycles. The molecule has 1 saturated heterocycles. The molecule has 0 aromatic heterocycles. The molecule has 10 heteroatoms. The van der Waals surface area contributed by atoms with Crippen molar-refractivity contribution in [2.24, 2.45) is 17.8 Å². The molecule has 1 saturated carbocycles. The van der Waals surface area contributed by atoms with E-state index in [0.717, 1.165) is 81.3 Å². The highest BCUT2D eigenvalue weighted by Gasteiger charge is 2.50. The minimum Gasteiger partial charge on any atom is -0.490 e. The highest BCUT2D eigenvalue weighted by Crippen LogP contribution is 2.49. The number of carbonyl (C=O) groups excluding carboxylic acids is 1. The van der Waals surface area contributed by atoms with Crippen LogP contribution in [0.25, 0.3) is 0 Å². The van der Waals surface area contributed by atoms with E-state index in [1.165, 1.54) is 17.5 Å². The SMILES string of the molecule is CO[C@@]1(CN2CCC2)/C=C\C[C@H](C)[C@@H](C)S(=O)(=O)NC(=O)c2ccc3c(c2)N(C[C@@H]2CC[C@H]21)C[C@@]1(CCCc2cc(Cl)ccc21)CO3. The molecule has 2 bridgehead atoms. The lowest BCUT2D eigenvalue weighted by molar-refractivity contribution is -0.0985. The predicted molar refractivity (Wildman–Crippen MR) is 186 cm³/mol. The summed E-state index contributed by atoms with van der Waals surface area (Å²) in [5, 5.41) is -0.00499. The minimum absolute atomic E-state index is 0.194. The molecule has 7 rings (SSSR count). The number of hydrogen-bond donors (Lipinski definition) is 1. The van der Waals surface area contributed by atoms with E-state index in [9.17, 15) is 13.2 Å². The van der Waals surface area contributed by atoms with Crippen LogP contribution in [0.1, 0.15) is 73.9 Å². The molecule has 1 N–H and O–H groups in total. The number of methoxy groups -OCH3 is 1. The van der Waals surface area contributed by atoms with Gasteiger partial charge < -0.3 is 19.3 Å². The Hall–Kier alpha value is -2.59. The third kappa shape index (κ3) is 6.11. The molecule has 1 amide bonds. The van der Waals surface area contributed by atoms with Crippen molar-refractivity contribution in [2.75, 3.05) is 51.3 Å². The smallest absolute Gasteiger partial charge is 0.264 e. The van der Waals surface area contributed by atoms with E-state index in [-0.39, 0.29) is 11.3 Å². The molecule has 3 heterocycles. The third-order valence-corrected chi connectivity index (χ3v) is 14.2. The number of benzene rings is 2. The van der Waals surface area contributed by atoms with E-state index in [4.69, 9.17) is 21.1 Å². The fraction of sp³-hybridized carbons (Fsp3) is 0.595. The highest BCUT2D eigenvalue weighted by atomic mass is 35.5. The first kappa shape index (κ1) is 32.9. The monoisotopic (exact) mass is 681 g/mol. The number of allylic oxidation sites excluding steroid dienone is 1. The van der Waals surface area contributed by atoms with Crippen molar-refractivity contribution < 1.29 is 22.7 Å². The van der Waals surface area contributed by atoms with Gasteiger partial charge in [0.2, 0.25) is 10.0 Å². The Morgan fingerprint density at radius 3 is 2.66 bits per heavy atom. The summed E-state index contributed by atoms with van der Waals surface area (Å²) in [7, 11) is -2.08. The van der Waals surface area contributed by atoms with E-state index in [2.05, 4.69) is 38.8 Å². The van der Waals surface area contributed by atoms with Gasteiger partial charge in [0, 0.05) is 42.7 Å². The van der Waals surface area contributed by atoms with E-state index in [1.807, 2.05) is 32.2 Å². The van der Waals surface area contributed by atoms with Crippen molar-refractivity contribution in [3.8, 4) is 5.75 Å². The number of ether oxygens (including phenoxy) is 2. The first-order valence-corrected chi connectivity index (χ1v) is 19.3. The number of hydrogen-bond acceptors (Lipinski definition) is 7. The number of carbonyl (C=O) groups is 1. The van der Waals surface area contributed by atoms with Gasteiger partial charge in [0.15, 0.2) is 0 Å². The molecular weight excluding hydrogens is 634 g/mol. The van der Waals surface area contributed by atoms with Gasteiger partial charge in [-0.15, -0.1) is 0 Å². The first-order chi connectivity index (χ1) is 22.5. The van der Waals surface area contributed by atoms with Crippen LogP contribution >= 0.6 is 11.6 Å². The average molecular weight is 682 g/mol. The topological polar surface area (TPSA) is 88.2 Å². The van der Waals surface area contributed by atoms with E-state index >= 15 is 0 Å². The number of rotatable bonds is 3. The molecule has 3 aliphatic heterocycles. The molecule has 6 atom stereocenters. The van der Waals surface area contributed by atoms with Crippen LogP contribution in [0.15, 0.2) is 48.6 Å². The normalized spacial score (nSPS) is 34.5. The summed E-state index contributed by atoms with van der Waals surface area (Å²) in [5.74, 6) is 0.599. The predicted octanol–water partition coefficient (Wildman–Crippen LogP) is 5.97. The largest absolute Gasteiger partial charge is 0.490 e. The fourth-order valence-corrected chi connectivity index (χ4v) is 10.2. The number of nitrogens with one attached hydrogen (secondary N) is 1. The Morgan fingerprint density at radius 2 is 1.94 bits per heavy atom. The number of likely N-dealkylation sites (tertiary alicyclic amines) is 1. The maximum absolute atomic E-state index is 13.5. The van der Waals surface area contributed by atoms with Gasteiger partial charge in [-0.25, -0.2) is 13.1 Å². The third-order valence-electron chi connectivity index (χ3n) is 12.0. The second kappa shape index (κ2) is 12.7. The number of halogens is 1. The molecule has 0 radical (unpaired) electrons. The molecule has 2 aliphatic carbocycles. The van der Waals surface area contributed by atoms with Crippen molar-refractivity contribution in [1.82, 2.24) is 9.62 Å². The number of amides is 1. The van der Waals surface area contributed by atoms with Gasteiger partial charge in [-0.1, -0.05) is 36.7 Å². The quantitative estimate of drug-likeness (QED) is 0.399. The van der Waals surface area contributed by atoms with E-state index in [1.54, 1.807) is 13.0 Å². The zero-order valence-corrected chi connectivity index (χ0v) is 29.4. The zero-order chi connectivity index (χ0) is 33.0. The van der Waals surface area contributed by atoms with Crippen LogP contribution in [0.2, 0.25) is 5.02 Å². The number of aryl methyl sites for hydroxylation is 1. The zero-order valence-electron chi connectivity index (χ0n) is 27.8. The molecule has 2 aromatic rings. The van der Waals surface area contributed by atoms with Crippen LogP contribution in [-0.4, -0.2) is 76.5 Å². The summed E-state index contributed by atoms with van der Waals surface area (Å²) in [4.78, 5) is 18.4. The maximum atomic E-state index is 13.5. The highest BCUT2D eigenvalue weighted by molar-refractivity contribution is 7.90. The standard InChI is InChI=1S/C37H48ClN3O5S/c1-25-7-4-16-37(45-3,23-40-17-6-18-40)32-12-9-29(32)21-41-22-36(15-5-8-27-19-30(38)11-13-31(27)36)24-46-34-14-10-28(20-33(34)41)35(42)39-47(43,44)26(25)2/h4,10-11,13-14,16,19-20,25-26,29,32H,5-9,12,15,17-18,21-24H2,1-3H3,(H,39,42)/b16-4-/t25-,26+,29-,32+,36-,37+/m0/s1. The Morgan fingerprint density at radius 1 is 1.11 bits per heavy atom. The summed E-state index contributed by atoms with van der Waals surface area (Å²) in [6.07, 6.45) is 11.3. The van der Waals surface area contributed by atoms with Gasteiger partial charge in [0.25, 0.3) is 5.91 Å². The second-order valence-corrected chi connectivity index (χ2v) is 17.3. The van der Waals surface area contributed by atoms with Crippen molar-refractivity contribution in [2.45, 2.75) is 75.1 Å². The van der Waals surface area contributed by atoms with Gasteiger partial charge in [0.1, 0.15) is 11.4 Å². The maximum Gasteiger partial charge on any atom is 0.264 e. The van der Waals surface area contributed by atoms with Gasteiger partial charge in [-0.05, 0) is 124 Å². The first-order valence-electron chi connectivity index (χ1n) is 17.3. The summed E-state index contributed by atoms with van der Waals surface area (Å²) in [6, 6.07) is 11.6. The molecule has 1 spiro atoms. The Kier molecular flexibility index (Phi) is 8.90. The summed E-state index contributed by atoms with van der Waals surface area (Å²) in [5.41, 5.74) is 3.01. The fourth-order valence-electron chi connectivity index (χ4n) is 8.70.